The van der Waals surface area contributed by atoms with Gasteiger partial charge in [-0.15, -0.1) is 16.4 Å². The molecule has 0 bridgehead atoms. The highest BCUT2D eigenvalue weighted by Crippen LogP contribution is 2.39. The maximum atomic E-state index is 4.86. The van der Waals surface area contributed by atoms with Crippen LogP contribution in [0.4, 0.5) is 0 Å². The number of rotatable bonds is 4. The van der Waals surface area contributed by atoms with E-state index in [1.165, 1.54) is 40.7 Å². The Hall–Kier alpha value is -2.28. The van der Waals surface area contributed by atoms with Crippen molar-refractivity contribution in [1.29, 1.82) is 0 Å². The first-order valence-corrected chi connectivity index (χ1v) is 10.2. The molecular formula is C19H22N6S. The summed E-state index contributed by atoms with van der Waals surface area (Å²) in [6.45, 7) is 5.14. The normalized spacial score (nSPS) is 17.2. The van der Waals surface area contributed by atoms with Gasteiger partial charge in [-0.05, 0) is 43.2 Å². The van der Waals surface area contributed by atoms with Crippen LogP contribution in [0.25, 0.3) is 15.9 Å². The molecule has 0 amide bonds. The van der Waals surface area contributed by atoms with Crippen LogP contribution in [-0.2, 0) is 25.8 Å². The molecule has 1 unspecified atom stereocenters. The molecule has 4 aromatic heterocycles. The molecule has 4 aromatic rings. The van der Waals surface area contributed by atoms with E-state index >= 15 is 0 Å². The summed E-state index contributed by atoms with van der Waals surface area (Å²) < 4.78 is 3.80. The van der Waals surface area contributed by atoms with E-state index in [0.29, 0.717) is 0 Å². The second kappa shape index (κ2) is 6.16. The minimum atomic E-state index is 0.772. The van der Waals surface area contributed by atoms with Crippen molar-refractivity contribution in [2.45, 2.75) is 52.5 Å². The molecule has 0 saturated heterocycles. The third-order valence-corrected chi connectivity index (χ3v) is 6.60. The lowest BCUT2D eigenvalue weighted by atomic mass is 9.86. The Kier molecular flexibility index (Phi) is 3.77. The predicted octanol–water partition coefficient (Wildman–Crippen LogP) is 3.60. The topological polar surface area (TPSA) is 60.9 Å². The van der Waals surface area contributed by atoms with E-state index in [1.807, 2.05) is 33.1 Å². The second-order valence-corrected chi connectivity index (χ2v) is 8.36. The monoisotopic (exact) mass is 366 g/mol. The molecule has 26 heavy (non-hydrogen) atoms. The fraction of sp³-hybridized carbons (Fsp3) is 0.474. The van der Waals surface area contributed by atoms with Crippen LogP contribution < -0.4 is 0 Å². The Bertz CT molecular complexity index is 1090. The van der Waals surface area contributed by atoms with Gasteiger partial charge in [-0.3, -0.25) is 4.68 Å². The van der Waals surface area contributed by atoms with Crippen molar-refractivity contribution < 1.29 is 0 Å². The molecule has 0 spiro atoms. The molecule has 5 rings (SSSR count). The van der Waals surface area contributed by atoms with Gasteiger partial charge in [-0.2, -0.15) is 5.10 Å². The maximum absolute atomic E-state index is 4.86. The summed E-state index contributed by atoms with van der Waals surface area (Å²) in [5.74, 6) is 1.67. The van der Waals surface area contributed by atoms with Gasteiger partial charge in [0.1, 0.15) is 11.2 Å². The Morgan fingerprint density at radius 3 is 3.08 bits per heavy atom. The van der Waals surface area contributed by atoms with Gasteiger partial charge in [0.05, 0.1) is 11.6 Å². The summed E-state index contributed by atoms with van der Waals surface area (Å²) >= 11 is 1.85. The van der Waals surface area contributed by atoms with Crippen molar-refractivity contribution >= 4 is 27.2 Å². The van der Waals surface area contributed by atoms with Crippen LogP contribution in [0.15, 0.2) is 18.7 Å². The number of hydrogen-bond donors (Lipinski definition) is 0. The maximum Gasteiger partial charge on any atom is 0.167 e. The molecule has 0 fully saturated rings. The predicted molar refractivity (Wildman–Crippen MR) is 103 cm³/mol. The molecule has 6 nitrogen and oxygen atoms in total. The van der Waals surface area contributed by atoms with E-state index in [9.17, 15) is 0 Å². The minimum Gasteiger partial charge on any atom is -0.272 e. The van der Waals surface area contributed by atoms with Crippen LogP contribution in [0, 0.1) is 12.8 Å². The molecule has 1 aliphatic rings. The SMILES string of the molecule is CCC1CCc2c(sc3ncn4nc(CCn5cc(C)cn5)nc4c23)C1. The number of aryl methyl sites for hydroxylation is 4. The van der Waals surface area contributed by atoms with E-state index in [0.717, 1.165) is 41.6 Å². The lowest BCUT2D eigenvalue weighted by molar-refractivity contribution is 0.451. The van der Waals surface area contributed by atoms with Crippen LogP contribution in [0.2, 0.25) is 0 Å². The number of nitrogens with zero attached hydrogens (tertiary/aromatic N) is 6. The van der Waals surface area contributed by atoms with Crippen LogP contribution in [0.3, 0.4) is 0 Å². The highest BCUT2D eigenvalue weighted by molar-refractivity contribution is 7.19. The van der Waals surface area contributed by atoms with Gasteiger partial charge in [0.15, 0.2) is 11.5 Å². The molecule has 1 atom stereocenters. The Morgan fingerprint density at radius 1 is 1.35 bits per heavy atom. The lowest BCUT2D eigenvalue weighted by Gasteiger charge is -2.20. The third kappa shape index (κ3) is 2.61. The molecular weight excluding hydrogens is 344 g/mol. The number of aromatic nitrogens is 6. The largest absolute Gasteiger partial charge is 0.272 e. The number of fused-ring (bicyclic) bond motifs is 5. The Balaban J connectivity index is 1.51. The summed E-state index contributed by atoms with van der Waals surface area (Å²) in [6, 6.07) is 0. The van der Waals surface area contributed by atoms with E-state index < -0.39 is 0 Å². The van der Waals surface area contributed by atoms with Gasteiger partial charge in [-0.25, -0.2) is 14.5 Å². The fourth-order valence-electron chi connectivity index (χ4n) is 3.95. The zero-order valence-electron chi connectivity index (χ0n) is 15.1. The van der Waals surface area contributed by atoms with Crippen molar-refractivity contribution in [3.8, 4) is 0 Å². The molecule has 0 radical (unpaired) electrons. The summed E-state index contributed by atoms with van der Waals surface area (Å²) in [4.78, 5) is 12.1. The first-order valence-electron chi connectivity index (χ1n) is 9.35. The molecule has 0 aliphatic heterocycles. The summed E-state index contributed by atoms with van der Waals surface area (Å²) in [5.41, 5.74) is 3.61. The average Bonchev–Trinajstić information content (AvgIpc) is 3.34. The number of hydrogen-bond acceptors (Lipinski definition) is 5. The van der Waals surface area contributed by atoms with E-state index in [4.69, 9.17) is 4.98 Å². The van der Waals surface area contributed by atoms with Crippen molar-refractivity contribution in [3.05, 3.63) is 40.5 Å². The van der Waals surface area contributed by atoms with E-state index in [-0.39, 0.29) is 0 Å². The van der Waals surface area contributed by atoms with Crippen molar-refractivity contribution in [2.24, 2.45) is 5.92 Å². The van der Waals surface area contributed by atoms with E-state index in [2.05, 4.69) is 35.2 Å². The summed E-state index contributed by atoms with van der Waals surface area (Å²) in [7, 11) is 0. The Morgan fingerprint density at radius 2 is 2.27 bits per heavy atom. The zero-order valence-corrected chi connectivity index (χ0v) is 16.0. The van der Waals surface area contributed by atoms with Crippen LogP contribution in [0.5, 0.6) is 0 Å². The van der Waals surface area contributed by atoms with Crippen LogP contribution >= 0.6 is 11.3 Å². The lowest BCUT2D eigenvalue weighted by Crippen LogP contribution is -2.11. The van der Waals surface area contributed by atoms with Crippen LogP contribution in [-0.4, -0.2) is 29.4 Å². The van der Waals surface area contributed by atoms with E-state index in [1.54, 1.807) is 0 Å². The molecule has 1 aliphatic carbocycles. The molecule has 7 heteroatoms. The second-order valence-electron chi connectivity index (χ2n) is 7.27. The van der Waals surface area contributed by atoms with Gasteiger partial charge in [0, 0.05) is 24.0 Å². The quantitative estimate of drug-likeness (QED) is 0.554. The van der Waals surface area contributed by atoms with Gasteiger partial charge in [0.2, 0.25) is 0 Å². The van der Waals surface area contributed by atoms with Crippen molar-refractivity contribution in [2.75, 3.05) is 0 Å². The smallest absolute Gasteiger partial charge is 0.167 e. The van der Waals surface area contributed by atoms with Gasteiger partial charge in [0.25, 0.3) is 0 Å². The summed E-state index contributed by atoms with van der Waals surface area (Å²) in [5, 5.41) is 10.2. The van der Waals surface area contributed by atoms with Crippen LogP contribution in [0.1, 0.15) is 41.6 Å². The first kappa shape index (κ1) is 15.9. The van der Waals surface area contributed by atoms with Crippen molar-refractivity contribution in [1.82, 2.24) is 29.4 Å². The first-order chi connectivity index (χ1) is 12.7. The Labute approximate surface area is 155 Å². The average molecular weight is 366 g/mol. The van der Waals surface area contributed by atoms with Gasteiger partial charge in [-0.1, -0.05) is 13.3 Å². The molecule has 0 N–H and O–H groups in total. The highest BCUT2D eigenvalue weighted by atomic mass is 32.1. The number of thiophene rings is 1. The summed E-state index contributed by atoms with van der Waals surface area (Å²) in [6.07, 6.45) is 11.4. The highest BCUT2D eigenvalue weighted by Gasteiger charge is 2.24. The standard InChI is InChI=1S/C19H22N6S/c1-3-13-4-5-14-15(8-13)26-19-17(14)18-22-16(23-25(18)11-20-19)6-7-24-10-12(2)9-21-24/h9-11,13H,3-8H2,1-2H3. The third-order valence-electron chi connectivity index (χ3n) is 5.44. The molecule has 0 saturated carbocycles. The molecule has 4 heterocycles. The molecule has 0 aromatic carbocycles. The van der Waals surface area contributed by atoms with Gasteiger partial charge < -0.3 is 0 Å². The molecule has 134 valence electrons. The fourth-order valence-corrected chi connectivity index (χ4v) is 5.24. The minimum absolute atomic E-state index is 0.772. The van der Waals surface area contributed by atoms with Gasteiger partial charge >= 0.3 is 0 Å². The zero-order chi connectivity index (χ0) is 17.7. The van der Waals surface area contributed by atoms with Crippen molar-refractivity contribution in [3.63, 3.8) is 0 Å².